The zero-order valence-electron chi connectivity index (χ0n) is 21.8. The van der Waals surface area contributed by atoms with E-state index in [1.165, 1.54) is 49.7 Å². The summed E-state index contributed by atoms with van der Waals surface area (Å²) in [4.78, 5) is 14.9. The summed E-state index contributed by atoms with van der Waals surface area (Å²) in [6.45, 7) is 10.8. The Morgan fingerprint density at radius 2 is 1.42 bits per heavy atom. The number of ether oxygens (including phenoxy) is 3. The van der Waals surface area contributed by atoms with Crippen LogP contribution in [0.15, 0.2) is 76.6 Å². The summed E-state index contributed by atoms with van der Waals surface area (Å²) in [6.07, 6.45) is 12.4. The van der Waals surface area contributed by atoms with Crippen LogP contribution in [0.5, 0.6) is 5.75 Å². The number of hydrogen-bond donors (Lipinski definition) is 0. The molecule has 0 radical (unpaired) electrons. The molecule has 36 heavy (non-hydrogen) atoms. The van der Waals surface area contributed by atoms with Gasteiger partial charge in [-0.2, -0.15) is 0 Å². The maximum Gasteiger partial charge on any atom is 0.227 e. The Labute approximate surface area is 224 Å². The first kappa shape index (κ1) is 28.3. The molecule has 0 fully saturated rings. The van der Waals surface area contributed by atoms with Crippen LogP contribution in [-0.4, -0.2) is 26.6 Å². The van der Waals surface area contributed by atoms with Crippen molar-refractivity contribution in [3.63, 3.8) is 0 Å². The van der Waals surface area contributed by atoms with E-state index >= 15 is 0 Å². The Morgan fingerprint density at radius 1 is 0.806 bits per heavy atom. The molecular formula is C30H38O4S2. The first-order chi connectivity index (χ1) is 17.5. The summed E-state index contributed by atoms with van der Waals surface area (Å²) < 4.78 is 16.5. The molecule has 0 aromatic heterocycles. The van der Waals surface area contributed by atoms with E-state index in [0.29, 0.717) is 5.76 Å². The normalized spacial score (nSPS) is 16.1. The van der Waals surface area contributed by atoms with Crippen molar-refractivity contribution in [3.05, 3.63) is 82.2 Å². The van der Waals surface area contributed by atoms with Gasteiger partial charge in [0, 0.05) is 21.0 Å². The van der Waals surface area contributed by atoms with Gasteiger partial charge in [0.25, 0.3) is 0 Å². The molecule has 1 aliphatic heterocycles. The number of rotatable bonds is 15. The van der Waals surface area contributed by atoms with Gasteiger partial charge < -0.3 is 14.2 Å². The number of ketones is 1. The average Bonchev–Trinajstić information content (AvgIpc) is 3.32. The molecule has 3 rings (SSSR count). The molecular weight excluding hydrogens is 488 g/mol. The fourth-order valence-electron chi connectivity index (χ4n) is 4.44. The highest BCUT2D eigenvalue weighted by Crippen LogP contribution is 2.48. The maximum absolute atomic E-state index is 12.5. The monoisotopic (exact) mass is 526 g/mol. The Morgan fingerprint density at radius 3 is 2.00 bits per heavy atom. The topological polar surface area (TPSA) is 44.8 Å². The van der Waals surface area contributed by atoms with E-state index in [1.54, 1.807) is 28.7 Å². The van der Waals surface area contributed by atoms with Crippen molar-refractivity contribution in [2.75, 3.05) is 20.8 Å². The first-order valence-corrected chi connectivity index (χ1v) is 14.9. The molecule has 0 unspecified atom stereocenters. The van der Waals surface area contributed by atoms with Crippen LogP contribution in [0.2, 0.25) is 0 Å². The largest absolute Gasteiger partial charge is 0.494 e. The lowest BCUT2D eigenvalue weighted by Crippen LogP contribution is -2.19. The van der Waals surface area contributed by atoms with Crippen LogP contribution in [0.3, 0.4) is 0 Å². The standard InChI is InChI=1S/C30H38O4S2/c1-21-20-27(36-35-21)24-15-17-25(18-16-24)34-19-13-11-9-7-6-8-10-12-14-26-22(2)28(31)30(33-5)29(32-4)23(26)3/h15-18,20H,1,3,6-14,19H2,2,4-5H3. The van der Waals surface area contributed by atoms with Crippen molar-refractivity contribution in [3.8, 4) is 5.75 Å². The molecule has 2 aliphatic rings. The number of Topliss-reactive ketones (excluding diaryl/α,β-unsaturated/α-hetero) is 1. The van der Waals surface area contributed by atoms with Crippen LogP contribution in [0.25, 0.3) is 4.91 Å². The van der Waals surface area contributed by atoms with Gasteiger partial charge in [0.2, 0.25) is 11.5 Å². The molecule has 1 aliphatic carbocycles. The minimum Gasteiger partial charge on any atom is -0.494 e. The van der Waals surface area contributed by atoms with E-state index in [1.807, 2.05) is 6.92 Å². The SMILES string of the molecule is C=C1C=C(c2ccc(OCCCCCCCCCCC3=C(C)C(=O)C(OC)=C(OC)C3=C)cc2)SS1. The number of benzene rings is 1. The van der Waals surface area contributed by atoms with Gasteiger partial charge in [-0.05, 0) is 55.5 Å². The van der Waals surface area contributed by atoms with Crippen molar-refractivity contribution in [2.45, 2.75) is 64.7 Å². The Kier molecular flexibility index (Phi) is 11.3. The molecule has 0 atom stereocenters. The van der Waals surface area contributed by atoms with E-state index in [4.69, 9.17) is 14.2 Å². The molecule has 194 valence electrons. The van der Waals surface area contributed by atoms with Gasteiger partial charge in [0.1, 0.15) is 5.75 Å². The molecule has 0 bridgehead atoms. The van der Waals surface area contributed by atoms with Crippen LogP contribution >= 0.6 is 21.6 Å². The quantitative estimate of drug-likeness (QED) is 0.168. The van der Waals surface area contributed by atoms with Crippen molar-refractivity contribution < 1.29 is 19.0 Å². The van der Waals surface area contributed by atoms with E-state index in [2.05, 4.69) is 43.5 Å². The van der Waals surface area contributed by atoms with E-state index in [0.717, 1.165) is 59.7 Å². The molecule has 6 heteroatoms. The highest BCUT2D eigenvalue weighted by atomic mass is 33.1. The fraction of sp³-hybridized carbons (Fsp3) is 0.433. The number of unbranched alkanes of at least 4 members (excludes halogenated alkanes) is 7. The van der Waals surface area contributed by atoms with Crippen LogP contribution < -0.4 is 4.74 Å². The van der Waals surface area contributed by atoms with E-state index in [-0.39, 0.29) is 11.5 Å². The van der Waals surface area contributed by atoms with Crippen molar-refractivity contribution in [1.82, 2.24) is 0 Å². The van der Waals surface area contributed by atoms with Gasteiger partial charge in [-0.1, -0.05) is 85.4 Å². The summed E-state index contributed by atoms with van der Waals surface area (Å²) in [5.41, 5.74) is 3.73. The summed E-state index contributed by atoms with van der Waals surface area (Å²) in [5.74, 6) is 1.57. The number of hydrogen-bond acceptors (Lipinski definition) is 6. The lowest BCUT2D eigenvalue weighted by molar-refractivity contribution is -0.115. The predicted molar refractivity (Wildman–Crippen MR) is 154 cm³/mol. The molecule has 4 nitrogen and oxygen atoms in total. The highest BCUT2D eigenvalue weighted by molar-refractivity contribution is 8.82. The van der Waals surface area contributed by atoms with Crippen LogP contribution in [0, 0.1) is 0 Å². The number of carbonyl (C=O) groups excluding carboxylic acids is 1. The van der Waals surface area contributed by atoms with Crippen molar-refractivity contribution in [1.29, 1.82) is 0 Å². The average molecular weight is 527 g/mol. The van der Waals surface area contributed by atoms with E-state index < -0.39 is 0 Å². The van der Waals surface area contributed by atoms with Gasteiger partial charge in [0.15, 0.2) is 5.76 Å². The lowest BCUT2D eigenvalue weighted by Gasteiger charge is -2.23. The molecule has 0 N–H and O–H groups in total. The maximum atomic E-state index is 12.5. The fourth-order valence-corrected chi connectivity index (χ4v) is 6.47. The molecule has 0 amide bonds. The van der Waals surface area contributed by atoms with Gasteiger partial charge in [-0.15, -0.1) is 0 Å². The minimum atomic E-state index is -0.0932. The molecule has 1 heterocycles. The Hall–Kier alpha value is -2.31. The molecule has 0 saturated carbocycles. The Bertz CT molecular complexity index is 1050. The van der Waals surface area contributed by atoms with Crippen molar-refractivity contribution >= 4 is 32.3 Å². The summed E-state index contributed by atoms with van der Waals surface area (Å²) in [6, 6.07) is 8.36. The third-order valence-electron chi connectivity index (χ3n) is 6.51. The second kappa shape index (κ2) is 14.4. The van der Waals surface area contributed by atoms with Crippen LogP contribution in [-0.2, 0) is 14.3 Å². The third kappa shape index (κ3) is 7.59. The summed E-state index contributed by atoms with van der Waals surface area (Å²) in [7, 11) is 6.53. The van der Waals surface area contributed by atoms with Crippen LogP contribution in [0.1, 0.15) is 70.3 Å². The number of allylic oxidation sites excluding steroid dienone is 3. The second-order valence-electron chi connectivity index (χ2n) is 9.07. The van der Waals surface area contributed by atoms with Crippen molar-refractivity contribution in [2.24, 2.45) is 0 Å². The van der Waals surface area contributed by atoms with Crippen LogP contribution in [0.4, 0.5) is 0 Å². The van der Waals surface area contributed by atoms with Gasteiger partial charge in [-0.25, -0.2) is 0 Å². The lowest BCUT2D eigenvalue weighted by atomic mass is 9.87. The van der Waals surface area contributed by atoms with E-state index in [9.17, 15) is 4.79 Å². The predicted octanol–water partition coefficient (Wildman–Crippen LogP) is 8.79. The smallest absolute Gasteiger partial charge is 0.227 e. The zero-order chi connectivity index (χ0) is 25.9. The molecule has 0 spiro atoms. The minimum absolute atomic E-state index is 0.0932. The zero-order valence-corrected chi connectivity index (χ0v) is 23.5. The summed E-state index contributed by atoms with van der Waals surface area (Å²) >= 11 is 0. The second-order valence-corrected chi connectivity index (χ2v) is 11.4. The highest BCUT2D eigenvalue weighted by Gasteiger charge is 2.30. The molecule has 1 aromatic rings. The number of methoxy groups -OCH3 is 2. The molecule has 1 aromatic carbocycles. The van der Waals surface area contributed by atoms with Gasteiger partial charge >= 0.3 is 0 Å². The number of carbonyl (C=O) groups is 1. The molecule has 0 saturated heterocycles. The first-order valence-electron chi connectivity index (χ1n) is 12.7. The van der Waals surface area contributed by atoms with Gasteiger partial charge in [0.05, 0.1) is 20.8 Å². The van der Waals surface area contributed by atoms with Gasteiger partial charge in [-0.3, -0.25) is 4.79 Å². The Balaban J connectivity index is 1.23. The summed E-state index contributed by atoms with van der Waals surface area (Å²) in [5, 5.41) is 0. The third-order valence-corrected chi connectivity index (χ3v) is 8.89.